The van der Waals surface area contributed by atoms with Gasteiger partial charge in [-0.05, 0) is 52.6 Å². The minimum atomic E-state index is -0.898. The van der Waals surface area contributed by atoms with Crippen LogP contribution in [0, 0.1) is 0 Å². The van der Waals surface area contributed by atoms with Crippen molar-refractivity contribution >= 4 is 16.9 Å². The molecule has 6 heteroatoms. The van der Waals surface area contributed by atoms with Crippen LogP contribution in [0.25, 0.3) is 22.1 Å². The van der Waals surface area contributed by atoms with Crippen LogP contribution in [0.5, 0.6) is 5.75 Å². The monoisotopic (exact) mass is 507 g/mol. The topological polar surface area (TPSA) is 94.9 Å². The van der Waals surface area contributed by atoms with Crippen LogP contribution in [0.4, 0.5) is 0 Å². The average Bonchev–Trinajstić information content (AvgIpc) is 3.35. The van der Waals surface area contributed by atoms with Gasteiger partial charge in [-0.2, -0.15) is 0 Å². The van der Waals surface area contributed by atoms with Crippen LogP contribution >= 0.6 is 0 Å². The fourth-order valence-electron chi connectivity index (χ4n) is 4.46. The van der Waals surface area contributed by atoms with Gasteiger partial charge in [0.15, 0.2) is 0 Å². The van der Waals surface area contributed by atoms with Gasteiger partial charge in [0.05, 0.1) is 13.0 Å². The first kappa shape index (κ1) is 25.3. The summed E-state index contributed by atoms with van der Waals surface area (Å²) in [5.74, 6) is 0.394. The van der Waals surface area contributed by atoms with Gasteiger partial charge in [0.2, 0.25) is 0 Å². The van der Waals surface area contributed by atoms with E-state index in [0.29, 0.717) is 31.1 Å². The summed E-state index contributed by atoms with van der Waals surface area (Å²) < 4.78 is 18.3. The number of nitrogens with two attached hydrogens (primary N) is 1. The Bertz CT molecular complexity index is 1540. The lowest BCUT2D eigenvalue weighted by atomic mass is 9.99. The first-order valence-corrected chi connectivity index (χ1v) is 12.5. The molecule has 5 rings (SSSR count). The van der Waals surface area contributed by atoms with E-state index in [4.69, 9.17) is 19.6 Å². The minimum Gasteiger partial charge on any atom is -0.489 e. The summed E-state index contributed by atoms with van der Waals surface area (Å²) in [6.07, 6.45) is -0.0968. The number of aliphatic carboxylic acids is 1. The van der Waals surface area contributed by atoms with Crippen LogP contribution < -0.4 is 10.5 Å². The molecule has 0 saturated heterocycles. The van der Waals surface area contributed by atoms with E-state index in [1.165, 1.54) is 0 Å². The summed E-state index contributed by atoms with van der Waals surface area (Å²) in [7, 11) is 0. The Morgan fingerprint density at radius 1 is 0.789 bits per heavy atom. The average molecular weight is 508 g/mol. The maximum absolute atomic E-state index is 11.3. The molecule has 4 aromatic carbocycles. The van der Waals surface area contributed by atoms with Gasteiger partial charge in [-0.25, -0.2) is 0 Å². The smallest absolute Gasteiger partial charge is 0.307 e. The summed E-state index contributed by atoms with van der Waals surface area (Å²) in [5, 5.41) is 10.2. The van der Waals surface area contributed by atoms with Crippen LogP contribution in [0.3, 0.4) is 0 Å². The zero-order valence-electron chi connectivity index (χ0n) is 20.9. The highest BCUT2D eigenvalue weighted by molar-refractivity contribution is 5.93. The number of carbonyl (C=O) groups is 1. The highest BCUT2D eigenvalue weighted by Gasteiger charge is 2.15. The first-order chi connectivity index (χ1) is 18.6. The zero-order valence-corrected chi connectivity index (χ0v) is 20.9. The molecule has 0 fully saturated rings. The van der Waals surface area contributed by atoms with E-state index >= 15 is 0 Å². The first-order valence-electron chi connectivity index (χ1n) is 12.5. The largest absolute Gasteiger partial charge is 0.489 e. The van der Waals surface area contributed by atoms with Crippen molar-refractivity contribution in [1.29, 1.82) is 0 Å². The van der Waals surface area contributed by atoms with E-state index in [0.717, 1.165) is 44.5 Å². The zero-order chi connectivity index (χ0) is 26.3. The van der Waals surface area contributed by atoms with Crippen LogP contribution in [0.1, 0.15) is 28.0 Å². The molecule has 6 nitrogen and oxygen atoms in total. The molecule has 38 heavy (non-hydrogen) atoms. The lowest BCUT2D eigenvalue weighted by molar-refractivity contribution is -0.136. The van der Waals surface area contributed by atoms with E-state index in [-0.39, 0.29) is 13.0 Å². The second-order valence-electron chi connectivity index (χ2n) is 9.12. The molecule has 0 saturated carbocycles. The SMILES string of the molecule is NCc1cccc(-c2cc(COc3ccccc3CC(=O)O)cc3cc(COCc4ccccc4)oc23)c1. The lowest BCUT2D eigenvalue weighted by Gasteiger charge is -2.12. The molecule has 0 spiro atoms. The molecule has 0 bridgehead atoms. The summed E-state index contributed by atoms with van der Waals surface area (Å²) >= 11 is 0. The third kappa shape index (κ3) is 6.11. The number of furan rings is 1. The Labute approximate surface area is 221 Å². The molecule has 0 atom stereocenters. The molecule has 3 N–H and O–H groups in total. The van der Waals surface area contributed by atoms with Gasteiger partial charge in [-0.3, -0.25) is 4.79 Å². The van der Waals surface area contributed by atoms with Gasteiger partial charge in [-0.1, -0.05) is 66.7 Å². The van der Waals surface area contributed by atoms with Crippen LogP contribution in [0.15, 0.2) is 101 Å². The number of hydrogen-bond donors (Lipinski definition) is 2. The van der Waals surface area contributed by atoms with Gasteiger partial charge in [0.1, 0.15) is 30.3 Å². The van der Waals surface area contributed by atoms with Gasteiger partial charge >= 0.3 is 5.97 Å². The molecule has 192 valence electrons. The number of benzene rings is 4. The Morgan fingerprint density at radius 2 is 1.58 bits per heavy atom. The Hall–Kier alpha value is -4.39. The van der Waals surface area contributed by atoms with E-state index in [9.17, 15) is 9.90 Å². The Balaban J connectivity index is 1.44. The van der Waals surface area contributed by atoms with Crippen molar-refractivity contribution in [3.63, 3.8) is 0 Å². The number of fused-ring (bicyclic) bond motifs is 1. The van der Waals surface area contributed by atoms with Crippen molar-refractivity contribution in [1.82, 2.24) is 0 Å². The molecule has 5 aromatic rings. The number of ether oxygens (including phenoxy) is 2. The molecule has 0 aliphatic heterocycles. The van der Waals surface area contributed by atoms with Crippen LogP contribution in [-0.4, -0.2) is 11.1 Å². The van der Waals surface area contributed by atoms with E-state index < -0.39 is 5.97 Å². The van der Waals surface area contributed by atoms with Gasteiger partial charge in [0, 0.05) is 23.1 Å². The number of carboxylic acid groups (broad SMARTS) is 1. The van der Waals surface area contributed by atoms with E-state index in [1.54, 1.807) is 12.1 Å². The summed E-state index contributed by atoms with van der Waals surface area (Å²) in [6, 6.07) is 31.4. The number of para-hydroxylation sites is 1. The van der Waals surface area contributed by atoms with Crippen molar-refractivity contribution in [3.8, 4) is 16.9 Å². The van der Waals surface area contributed by atoms with Gasteiger partial charge in [-0.15, -0.1) is 0 Å². The Morgan fingerprint density at radius 3 is 2.39 bits per heavy atom. The Kier molecular flexibility index (Phi) is 7.83. The summed E-state index contributed by atoms with van der Waals surface area (Å²) in [4.78, 5) is 11.3. The highest BCUT2D eigenvalue weighted by atomic mass is 16.5. The van der Waals surface area contributed by atoms with Crippen molar-refractivity contribution < 1.29 is 23.8 Å². The number of hydrogen-bond acceptors (Lipinski definition) is 5. The highest BCUT2D eigenvalue weighted by Crippen LogP contribution is 2.34. The van der Waals surface area contributed by atoms with Crippen molar-refractivity contribution in [3.05, 3.63) is 125 Å². The van der Waals surface area contributed by atoms with Gasteiger partial charge in [0.25, 0.3) is 0 Å². The standard InChI is InChI=1S/C32H29NO5/c33-18-23-9-6-11-25(13-23)29-15-24(20-37-30-12-5-4-10-26(30)17-31(34)35)14-27-16-28(38-32(27)29)21-36-19-22-7-2-1-3-8-22/h1-16H,17-21,33H2,(H,34,35). The summed E-state index contributed by atoms with van der Waals surface area (Å²) in [6.45, 7) is 1.57. The molecule has 0 radical (unpaired) electrons. The molecule has 0 aliphatic carbocycles. The molecule has 1 aromatic heterocycles. The normalized spacial score (nSPS) is 11.1. The molecule has 1 heterocycles. The minimum absolute atomic E-state index is 0.0968. The van der Waals surface area contributed by atoms with Crippen molar-refractivity contribution in [2.45, 2.75) is 32.8 Å². The second-order valence-corrected chi connectivity index (χ2v) is 9.12. The molecule has 0 unspecified atom stereocenters. The molecular weight excluding hydrogens is 478 g/mol. The second kappa shape index (κ2) is 11.8. The maximum Gasteiger partial charge on any atom is 0.307 e. The van der Waals surface area contributed by atoms with Gasteiger partial charge < -0.3 is 24.7 Å². The summed E-state index contributed by atoms with van der Waals surface area (Å²) in [5.41, 5.74) is 12.3. The maximum atomic E-state index is 11.3. The van der Waals surface area contributed by atoms with Crippen molar-refractivity contribution in [2.75, 3.05) is 0 Å². The fourth-order valence-corrected chi connectivity index (χ4v) is 4.46. The molecule has 0 amide bonds. The number of carboxylic acids is 1. The lowest BCUT2D eigenvalue weighted by Crippen LogP contribution is -2.04. The van der Waals surface area contributed by atoms with Crippen LogP contribution in [-0.2, 0) is 42.3 Å². The van der Waals surface area contributed by atoms with Crippen molar-refractivity contribution in [2.24, 2.45) is 5.73 Å². The third-order valence-corrected chi connectivity index (χ3v) is 6.27. The number of rotatable bonds is 11. The van der Waals surface area contributed by atoms with E-state index in [1.807, 2.05) is 72.8 Å². The quantitative estimate of drug-likeness (QED) is 0.212. The molecular formula is C32H29NO5. The predicted octanol–water partition coefficient (Wildman–Crippen LogP) is 6.48. The fraction of sp³-hybridized carbons (Fsp3) is 0.156. The van der Waals surface area contributed by atoms with E-state index in [2.05, 4.69) is 12.1 Å². The molecule has 0 aliphatic rings. The van der Waals surface area contributed by atoms with Crippen LogP contribution in [0.2, 0.25) is 0 Å². The predicted molar refractivity (Wildman–Crippen MR) is 147 cm³/mol. The third-order valence-electron chi connectivity index (χ3n) is 6.27.